The molecule has 8 heteroatoms. The van der Waals surface area contributed by atoms with Crippen molar-refractivity contribution in [3.63, 3.8) is 0 Å². The number of ether oxygens (including phenoxy) is 3. The Bertz CT molecular complexity index is 603. The molecule has 0 saturated carbocycles. The van der Waals surface area contributed by atoms with Crippen LogP contribution in [-0.4, -0.2) is 41.9 Å². The molecule has 0 aliphatic carbocycles. The molecule has 1 heterocycles. The summed E-state index contributed by atoms with van der Waals surface area (Å²) in [5.74, 6) is -1.20. The van der Waals surface area contributed by atoms with Gasteiger partial charge in [0, 0.05) is 17.8 Å². The second-order valence-electron chi connectivity index (χ2n) is 6.53. The lowest BCUT2D eigenvalue weighted by Gasteiger charge is -2.33. The lowest BCUT2D eigenvalue weighted by molar-refractivity contribution is -0.138. The predicted molar refractivity (Wildman–Crippen MR) is 94.2 cm³/mol. The molecular weight excluding hydrogens is 340 g/mol. The van der Waals surface area contributed by atoms with E-state index in [9.17, 15) is 14.4 Å². The van der Waals surface area contributed by atoms with E-state index >= 15 is 0 Å². The van der Waals surface area contributed by atoms with Crippen molar-refractivity contribution in [2.45, 2.75) is 54.1 Å². The molecule has 145 valence electrons. The lowest BCUT2D eigenvalue weighted by atomic mass is 9.97. The number of hydrazine groups is 1. The predicted octanol–water partition coefficient (Wildman–Crippen LogP) is 2.62. The zero-order valence-corrected chi connectivity index (χ0v) is 16.4. The monoisotopic (exact) mass is 367 g/mol. The van der Waals surface area contributed by atoms with Crippen LogP contribution in [0.1, 0.15) is 48.5 Å². The first kappa shape index (κ1) is 21.5. The van der Waals surface area contributed by atoms with E-state index in [1.54, 1.807) is 48.5 Å². The molecule has 1 aliphatic heterocycles. The van der Waals surface area contributed by atoms with Crippen LogP contribution in [0.4, 0.5) is 4.79 Å². The standard InChI is InChI=1S/C18H27N2O6/c1-8-24-15(21)13-10-14(16(22)25-9-2)12(4)20(11(13)3)19-17(23)26-18(5,6)7/h10H,8-9H2,1-7H3,(H,19,23). The van der Waals surface area contributed by atoms with Gasteiger partial charge in [0.15, 0.2) is 0 Å². The fourth-order valence-electron chi connectivity index (χ4n) is 2.24. The quantitative estimate of drug-likeness (QED) is 0.589. The Morgan fingerprint density at radius 2 is 1.38 bits per heavy atom. The van der Waals surface area contributed by atoms with Crippen LogP contribution in [0.2, 0.25) is 0 Å². The van der Waals surface area contributed by atoms with Gasteiger partial charge in [-0.1, -0.05) is 0 Å². The van der Waals surface area contributed by atoms with Gasteiger partial charge >= 0.3 is 18.0 Å². The van der Waals surface area contributed by atoms with E-state index in [1.165, 1.54) is 11.4 Å². The van der Waals surface area contributed by atoms with Crippen molar-refractivity contribution in [2.24, 2.45) is 0 Å². The molecule has 1 rings (SSSR count). The summed E-state index contributed by atoms with van der Waals surface area (Å²) in [7, 11) is 0. The number of hydrogen-bond donors (Lipinski definition) is 1. The summed E-state index contributed by atoms with van der Waals surface area (Å²) >= 11 is 0. The van der Waals surface area contributed by atoms with E-state index in [0.29, 0.717) is 11.4 Å². The highest BCUT2D eigenvalue weighted by atomic mass is 16.6. The molecule has 0 bridgehead atoms. The molecule has 26 heavy (non-hydrogen) atoms. The molecule has 0 fully saturated rings. The molecule has 1 N–H and O–H groups in total. The number of rotatable bonds is 5. The molecule has 0 aromatic heterocycles. The van der Waals surface area contributed by atoms with Gasteiger partial charge in [0.2, 0.25) is 0 Å². The van der Waals surface area contributed by atoms with Crippen LogP contribution in [0, 0.1) is 6.42 Å². The summed E-state index contributed by atoms with van der Waals surface area (Å²) in [6.07, 6.45) is 0.693. The van der Waals surface area contributed by atoms with Crippen LogP contribution in [0.5, 0.6) is 0 Å². The Morgan fingerprint density at radius 1 is 0.962 bits per heavy atom. The first-order valence-corrected chi connectivity index (χ1v) is 8.42. The summed E-state index contributed by atoms with van der Waals surface area (Å²) in [5, 5.41) is 1.33. The third-order valence-electron chi connectivity index (χ3n) is 3.33. The Morgan fingerprint density at radius 3 is 1.73 bits per heavy atom. The third kappa shape index (κ3) is 5.50. The minimum absolute atomic E-state index is 0.150. The molecular formula is C18H27N2O6. The normalized spacial score (nSPS) is 15.0. The maximum Gasteiger partial charge on any atom is 0.426 e. The van der Waals surface area contributed by atoms with E-state index in [-0.39, 0.29) is 24.4 Å². The minimum Gasteiger partial charge on any atom is -0.463 e. The molecule has 1 radical (unpaired) electrons. The molecule has 0 spiro atoms. The zero-order chi connectivity index (χ0) is 20.1. The smallest absolute Gasteiger partial charge is 0.426 e. The largest absolute Gasteiger partial charge is 0.463 e. The zero-order valence-electron chi connectivity index (χ0n) is 16.4. The van der Waals surface area contributed by atoms with Crippen LogP contribution in [0.15, 0.2) is 22.5 Å². The topological polar surface area (TPSA) is 94.2 Å². The van der Waals surface area contributed by atoms with E-state index in [2.05, 4.69) is 5.43 Å². The molecule has 0 unspecified atom stereocenters. The average molecular weight is 367 g/mol. The third-order valence-corrected chi connectivity index (χ3v) is 3.33. The van der Waals surface area contributed by atoms with E-state index < -0.39 is 23.6 Å². The van der Waals surface area contributed by atoms with Gasteiger partial charge in [0.1, 0.15) is 5.60 Å². The highest BCUT2D eigenvalue weighted by Crippen LogP contribution is 2.30. The van der Waals surface area contributed by atoms with Gasteiger partial charge in [-0.15, -0.1) is 0 Å². The summed E-state index contributed by atoms with van der Waals surface area (Å²) in [5.41, 5.74) is 2.96. The van der Waals surface area contributed by atoms with Crippen molar-refractivity contribution in [1.29, 1.82) is 0 Å². The van der Waals surface area contributed by atoms with Crippen molar-refractivity contribution in [3.05, 3.63) is 29.0 Å². The first-order chi connectivity index (χ1) is 12.0. The number of carbonyl (C=O) groups excluding carboxylic acids is 3. The van der Waals surface area contributed by atoms with Crippen molar-refractivity contribution in [1.82, 2.24) is 10.4 Å². The first-order valence-electron chi connectivity index (χ1n) is 8.42. The van der Waals surface area contributed by atoms with E-state index in [0.717, 1.165) is 0 Å². The van der Waals surface area contributed by atoms with Crippen molar-refractivity contribution < 1.29 is 28.6 Å². The van der Waals surface area contributed by atoms with Crippen LogP contribution >= 0.6 is 0 Å². The highest BCUT2D eigenvalue weighted by Gasteiger charge is 2.33. The molecule has 0 aromatic carbocycles. The van der Waals surface area contributed by atoms with Gasteiger partial charge in [-0.3, -0.25) is 5.01 Å². The number of carbonyl (C=O) groups is 3. The second-order valence-corrected chi connectivity index (χ2v) is 6.53. The van der Waals surface area contributed by atoms with Gasteiger partial charge in [-0.05, 0) is 48.5 Å². The van der Waals surface area contributed by atoms with E-state index in [4.69, 9.17) is 14.2 Å². The summed E-state index contributed by atoms with van der Waals surface area (Å²) < 4.78 is 15.3. The molecule has 1 aliphatic rings. The summed E-state index contributed by atoms with van der Waals surface area (Å²) in [6.45, 7) is 12.2. The maximum absolute atomic E-state index is 12.2. The van der Waals surface area contributed by atoms with Gasteiger partial charge in [-0.2, -0.15) is 0 Å². The van der Waals surface area contributed by atoms with Crippen LogP contribution in [0.25, 0.3) is 0 Å². The maximum atomic E-state index is 12.2. The molecule has 1 amide bonds. The number of allylic oxidation sites excluding steroid dienone is 2. The van der Waals surface area contributed by atoms with Gasteiger partial charge in [0.05, 0.1) is 24.4 Å². The fraction of sp³-hybridized carbons (Fsp3) is 0.556. The van der Waals surface area contributed by atoms with Crippen molar-refractivity contribution in [2.75, 3.05) is 13.2 Å². The summed E-state index contributed by atoms with van der Waals surface area (Å²) in [6, 6.07) is 0. The molecule has 8 nitrogen and oxygen atoms in total. The average Bonchev–Trinajstić information content (AvgIpc) is 2.50. The van der Waals surface area contributed by atoms with Crippen molar-refractivity contribution >= 4 is 18.0 Å². The van der Waals surface area contributed by atoms with Gasteiger partial charge in [-0.25, -0.2) is 19.8 Å². The molecule has 0 aromatic rings. The SMILES string of the molecule is CCOC(=O)C1=C(C)N(NC(=O)OC(C)(C)C)C(C)=C(C(=O)OCC)[CH]1. The Balaban J connectivity index is 3.23. The minimum atomic E-state index is -0.718. The molecule has 0 saturated heterocycles. The number of esters is 2. The van der Waals surface area contributed by atoms with Gasteiger partial charge in [0.25, 0.3) is 0 Å². The highest BCUT2D eigenvalue weighted by molar-refractivity contribution is 6.00. The Hall–Kier alpha value is -2.51. The van der Waals surface area contributed by atoms with Crippen molar-refractivity contribution in [3.8, 4) is 0 Å². The Kier molecular flexibility index (Phi) is 7.23. The number of amides is 1. The van der Waals surface area contributed by atoms with Crippen LogP contribution in [0.3, 0.4) is 0 Å². The number of nitrogens with zero attached hydrogens (tertiary/aromatic N) is 1. The van der Waals surface area contributed by atoms with Crippen LogP contribution < -0.4 is 5.43 Å². The number of nitrogens with one attached hydrogen (secondary N) is 1. The Labute approximate surface area is 154 Å². The lowest BCUT2D eigenvalue weighted by Crippen LogP contribution is -2.45. The fourth-order valence-corrected chi connectivity index (χ4v) is 2.24. The second kappa shape index (κ2) is 8.73. The van der Waals surface area contributed by atoms with Crippen LogP contribution in [-0.2, 0) is 23.8 Å². The van der Waals surface area contributed by atoms with E-state index in [1.807, 2.05) is 0 Å². The summed E-state index contributed by atoms with van der Waals surface area (Å²) in [4.78, 5) is 36.6. The number of hydrogen-bond acceptors (Lipinski definition) is 7. The van der Waals surface area contributed by atoms with Gasteiger partial charge < -0.3 is 14.2 Å². The molecule has 0 atom stereocenters.